The molecule has 2 N–H and O–H groups in total. The van der Waals surface area contributed by atoms with Crippen molar-refractivity contribution >= 4 is 23.6 Å². The van der Waals surface area contributed by atoms with E-state index in [0.717, 1.165) is 5.69 Å². The number of hydrogen-bond donors (Lipinski definition) is 1. The Balaban J connectivity index is 1.24. The summed E-state index contributed by atoms with van der Waals surface area (Å²) in [7, 11) is 1.81. The van der Waals surface area contributed by atoms with Gasteiger partial charge >= 0.3 is 12.2 Å². The number of nitrogens with two attached hydrogens (primary N) is 1. The van der Waals surface area contributed by atoms with E-state index in [1.54, 1.807) is 11.9 Å². The largest absolute Gasteiger partial charge is 0.411 e. The van der Waals surface area contributed by atoms with Crippen molar-refractivity contribution in [2.45, 2.75) is 6.18 Å². The van der Waals surface area contributed by atoms with Gasteiger partial charge in [0.05, 0.1) is 6.61 Å². The minimum Gasteiger partial charge on any atom is -0.372 e. The summed E-state index contributed by atoms with van der Waals surface area (Å²) in [4.78, 5) is 20.8. The van der Waals surface area contributed by atoms with Crippen LogP contribution in [-0.2, 0) is 4.74 Å². The molecular formula is C20H21F3N8O2. The van der Waals surface area contributed by atoms with E-state index in [0.29, 0.717) is 25.1 Å². The first-order valence-electron chi connectivity index (χ1n) is 10.3. The highest BCUT2D eigenvalue weighted by Crippen LogP contribution is 2.52. The third kappa shape index (κ3) is 4.53. The second kappa shape index (κ2) is 8.14. The van der Waals surface area contributed by atoms with Crippen LogP contribution >= 0.6 is 0 Å². The Morgan fingerprint density at radius 3 is 2.52 bits per heavy atom. The van der Waals surface area contributed by atoms with Crippen molar-refractivity contribution in [3.05, 3.63) is 30.3 Å². The molecule has 3 atom stereocenters. The van der Waals surface area contributed by atoms with Crippen molar-refractivity contribution in [2.24, 2.45) is 17.8 Å². The quantitative estimate of drug-likeness (QED) is 0.561. The van der Waals surface area contributed by atoms with Crippen molar-refractivity contribution in [3.63, 3.8) is 0 Å². The zero-order chi connectivity index (χ0) is 23.2. The summed E-state index contributed by atoms with van der Waals surface area (Å²) < 4.78 is 46.9. The zero-order valence-electron chi connectivity index (χ0n) is 17.6. The molecule has 0 bridgehead atoms. The average molecular weight is 462 g/mol. The molecule has 174 valence electrons. The molecule has 1 aliphatic carbocycles. The van der Waals surface area contributed by atoms with Gasteiger partial charge in [-0.15, -0.1) is 0 Å². The molecule has 1 saturated heterocycles. The fraction of sp³-hybridized carbons (Fsp3) is 0.450. The third-order valence-electron chi connectivity index (χ3n) is 5.92. The molecule has 3 aromatic rings. The van der Waals surface area contributed by atoms with Crippen molar-refractivity contribution < 1.29 is 22.4 Å². The number of nitrogens with zero attached hydrogens (tertiary/aromatic N) is 7. The summed E-state index contributed by atoms with van der Waals surface area (Å²) in [6.45, 7) is 0.136. The molecule has 33 heavy (non-hydrogen) atoms. The number of rotatable bonds is 7. The SMILES string of the molecule is CN(c1ccccc1)c1nc(N)nc(-c2noc(N3C[C@@H]4[C@@H](COCC(F)(F)F)[C@@H]4C3)n2)n1. The van der Waals surface area contributed by atoms with Crippen LogP contribution in [0.3, 0.4) is 0 Å². The normalized spacial score (nSPS) is 21.8. The van der Waals surface area contributed by atoms with Gasteiger partial charge < -0.3 is 24.8 Å². The third-order valence-corrected chi connectivity index (χ3v) is 5.92. The minimum absolute atomic E-state index is 0.0215. The van der Waals surface area contributed by atoms with E-state index in [1.807, 2.05) is 35.2 Å². The molecule has 2 aliphatic rings. The number of ether oxygens (including phenoxy) is 1. The van der Waals surface area contributed by atoms with Crippen LogP contribution in [-0.4, -0.2) is 64.6 Å². The molecule has 1 aliphatic heterocycles. The zero-order valence-corrected chi connectivity index (χ0v) is 17.6. The Morgan fingerprint density at radius 2 is 1.82 bits per heavy atom. The van der Waals surface area contributed by atoms with Crippen molar-refractivity contribution in [2.75, 3.05) is 48.9 Å². The maximum Gasteiger partial charge on any atom is 0.411 e. The van der Waals surface area contributed by atoms with Gasteiger partial charge in [-0.3, -0.25) is 0 Å². The molecule has 2 aromatic heterocycles. The molecule has 3 heterocycles. The molecular weight excluding hydrogens is 441 g/mol. The maximum absolute atomic E-state index is 12.2. The van der Waals surface area contributed by atoms with Crippen LogP contribution in [0.1, 0.15) is 0 Å². The van der Waals surface area contributed by atoms with E-state index in [9.17, 15) is 13.2 Å². The summed E-state index contributed by atoms with van der Waals surface area (Å²) in [5.41, 5.74) is 6.75. The lowest BCUT2D eigenvalue weighted by molar-refractivity contribution is -0.175. The minimum atomic E-state index is -4.30. The predicted octanol–water partition coefficient (Wildman–Crippen LogP) is 2.53. The number of piperidine rings is 1. The molecule has 13 heteroatoms. The number of benzene rings is 1. The summed E-state index contributed by atoms with van der Waals surface area (Å²) in [5, 5.41) is 3.98. The van der Waals surface area contributed by atoms with Crippen LogP contribution in [0.5, 0.6) is 0 Å². The molecule has 10 nitrogen and oxygen atoms in total. The fourth-order valence-corrected chi connectivity index (χ4v) is 4.20. The number of aromatic nitrogens is 5. The van der Waals surface area contributed by atoms with Gasteiger partial charge in [-0.2, -0.15) is 33.1 Å². The fourth-order valence-electron chi connectivity index (χ4n) is 4.20. The van der Waals surface area contributed by atoms with Crippen LogP contribution < -0.4 is 15.5 Å². The summed E-state index contributed by atoms with van der Waals surface area (Å²) in [6.07, 6.45) is -4.30. The van der Waals surface area contributed by atoms with E-state index >= 15 is 0 Å². The molecule has 0 amide bonds. The number of fused-ring (bicyclic) bond motifs is 1. The van der Waals surface area contributed by atoms with E-state index in [1.165, 1.54) is 0 Å². The second-order valence-electron chi connectivity index (χ2n) is 8.14. The van der Waals surface area contributed by atoms with E-state index in [-0.39, 0.29) is 42.0 Å². The first-order valence-corrected chi connectivity index (χ1v) is 10.3. The van der Waals surface area contributed by atoms with Gasteiger partial charge in [0, 0.05) is 25.8 Å². The highest BCUT2D eigenvalue weighted by Gasteiger charge is 2.56. The number of hydrogen-bond acceptors (Lipinski definition) is 10. The highest BCUT2D eigenvalue weighted by molar-refractivity contribution is 5.59. The lowest BCUT2D eigenvalue weighted by Gasteiger charge is -2.17. The van der Waals surface area contributed by atoms with Crippen molar-refractivity contribution in [1.29, 1.82) is 0 Å². The van der Waals surface area contributed by atoms with Crippen LogP contribution in [0, 0.1) is 17.8 Å². The summed E-state index contributed by atoms with van der Waals surface area (Å²) in [6, 6.07) is 9.83. The Kier molecular flexibility index (Phi) is 5.27. The van der Waals surface area contributed by atoms with Crippen LogP contribution in [0.25, 0.3) is 11.6 Å². The molecule has 0 spiro atoms. The molecule has 1 saturated carbocycles. The Bertz CT molecular complexity index is 1110. The number of halogens is 3. The van der Waals surface area contributed by atoms with Gasteiger partial charge in [0.15, 0.2) is 0 Å². The second-order valence-corrected chi connectivity index (χ2v) is 8.14. The van der Waals surface area contributed by atoms with Crippen LogP contribution in [0.15, 0.2) is 34.9 Å². The van der Waals surface area contributed by atoms with Gasteiger partial charge in [-0.25, -0.2) is 0 Å². The molecule has 5 rings (SSSR count). The molecule has 0 radical (unpaired) electrons. The monoisotopic (exact) mass is 462 g/mol. The van der Waals surface area contributed by atoms with E-state index < -0.39 is 12.8 Å². The number of anilines is 4. The lowest BCUT2D eigenvalue weighted by Crippen LogP contribution is -2.26. The topological polar surface area (TPSA) is 119 Å². The van der Waals surface area contributed by atoms with Gasteiger partial charge in [0.25, 0.3) is 0 Å². The van der Waals surface area contributed by atoms with Crippen LogP contribution in [0.2, 0.25) is 0 Å². The molecule has 2 fully saturated rings. The first-order chi connectivity index (χ1) is 15.8. The Hall–Kier alpha value is -3.48. The number of nitrogen functional groups attached to an aromatic ring is 1. The molecule has 1 aromatic carbocycles. The highest BCUT2D eigenvalue weighted by atomic mass is 19.4. The summed E-state index contributed by atoms with van der Waals surface area (Å²) >= 11 is 0. The van der Waals surface area contributed by atoms with E-state index in [2.05, 4.69) is 25.1 Å². The van der Waals surface area contributed by atoms with Gasteiger partial charge in [0.2, 0.25) is 23.5 Å². The lowest BCUT2D eigenvalue weighted by atomic mass is 10.3. The number of para-hydroxylation sites is 1. The van der Waals surface area contributed by atoms with Gasteiger partial charge in [-0.05, 0) is 29.9 Å². The average Bonchev–Trinajstić information content (AvgIpc) is 3.17. The predicted molar refractivity (Wildman–Crippen MR) is 112 cm³/mol. The van der Waals surface area contributed by atoms with Gasteiger partial charge in [0.1, 0.15) is 6.61 Å². The Morgan fingerprint density at radius 1 is 1.09 bits per heavy atom. The van der Waals surface area contributed by atoms with E-state index in [4.69, 9.17) is 15.0 Å². The number of alkyl halides is 3. The maximum atomic E-state index is 12.2. The first kappa shape index (κ1) is 21.4. The van der Waals surface area contributed by atoms with Crippen LogP contribution in [0.4, 0.5) is 36.8 Å². The van der Waals surface area contributed by atoms with Gasteiger partial charge in [-0.1, -0.05) is 23.4 Å². The van der Waals surface area contributed by atoms with Crippen molar-refractivity contribution in [1.82, 2.24) is 25.1 Å². The Labute approximate surface area is 186 Å². The molecule has 0 unspecified atom stereocenters. The summed E-state index contributed by atoms with van der Waals surface area (Å²) in [5.74, 6) is 1.35. The smallest absolute Gasteiger partial charge is 0.372 e. The van der Waals surface area contributed by atoms with Crippen molar-refractivity contribution in [3.8, 4) is 11.6 Å². The standard InChI is InChI=1S/C20H21F3N8O2/c1-30(11-5-3-2-4-6-11)18-26-15(25-17(24)28-18)16-27-19(33-29-16)31-7-12-13(8-31)14(12)9-32-10-20(21,22)23/h2-6,12-14H,7-10H2,1H3,(H2,24,25,26,28)/t12-,13+,14+.